The molecule has 1 aliphatic rings. The Morgan fingerprint density at radius 1 is 1.25 bits per heavy atom. The van der Waals surface area contributed by atoms with Crippen LogP contribution in [0.2, 0.25) is 0 Å². The molecule has 3 rings (SSSR count). The van der Waals surface area contributed by atoms with E-state index in [1.54, 1.807) is 12.4 Å². The number of likely N-dealkylation sites (tertiary alicyclic amines) is 1. The van der Waals surface area contributed by atoms with E-state index in [2.05, 4.69) is 47.3 Å². The second-order valence-electron chi connectivity index (χ2n) is 6.60. The van der Waals surface area contributed by atoms with E-state index < -0.39 is 0 Å². The predicted molar refractivity (Wildman–Crippen MR) is 94.8 cm³/mol. The van der Waals surface area contributed by atoms with Crippen LogP contribution in [0.1, 0.15) is 41.4 Å². The average molecular weight is 324 g/mol. The average Bonchev–Trinajstić information content (AvgIpc) is 2.61. The summed E-state index contributed by atoms with van der Waals surface area (Å²) in [5.74, 6) is 1.37. The van der Waals surface area contributed by atoms with Crippen LogP contribution in [-0.4, -0.2) is 33.9 Å². The molecule has 1 aromatic carbocycles. The zero-order valence-corrected chi connectivity index (χ0v) is 14.3. The van der Waals surface area contributed by atoms with Gasteiger partial charge in [0.2, 0.25) is 0 Å². The second kappa shape index (κ2) is 7.43. The Morgan fingerprint density at radius 2 is 2.04 bits per heavy atom. The largest absolute Gasteiger partial charge is 0.365 e. The van der Waals surface area contributed by atoms with Crippen molar-refractivity contribution in [3.8, 4) is 0 Å². The maximum absolute atomic E-state index is 12.4. The summed E-state index contributed by atoms with van der Waals surface area (Å²) in [5, 5.41) is 3.24. The summed E-state index contributed by atoms with van der Waals surface area (Å²) in [6.45, 7) is 6.62. The molecule has 2 heterocycles. The molecule has 0 unspecified atom stereocenters. The molecule has 0 radical (unpaired) electrons. The van der Waals surface area contributed by atoms with Crippen molar-refractivity contribution in [2.75, 3.05) is 18.4 Å². The van der Waals surface area contributed by atoms with E-state index in [0.29, 0.717) is 24.0 Å². The first-order chi connectivity index (χ1) is 11.6. The molecule has 5 heteroatoms. The lowest BCUT2D eigenvalue weighted by Crippen LogP contribution is -2.38. The van der Waals surface area contributed by atoms with Crippen molar-refractivity contribution in [2.24, 2.45) is 5.92 Å². The van der Waals surface area contributed by atoms with Gasteiger partial charge >= 0.3 is 0 Å². The van der Waals surface area contributed by atoms with Gasteiger partial charge in [-0.2, -0.15) is 0 Å². The summed E-state index contributed by atoms with van der Waals surface area (Å²) in [4.78, 5) is 22.9. The van der Waals surface area contributed by atoms with Gasteiger partial charge in [-0.25, -0.2) is 9.97 Å². The third-order valence-corrected chi connectivity index (χ3v) is 4.50. The number of hydrogen-bond acceptors (Lipinski definition) is 4. The van der Waals surface area contributed by atoms with Crippen molar-refractivity contribution in [3.05, 3.63) is 53.5 Å². The number of hydrogen-bond donors (Lipinski definition) is 1. The van der Waals surface area contributed by atoms with Crippen molar-refractivity contribution < 1.29 is 4.79 Å². The summed E-state index contributed by atoms with van der Waals surface area (Å²) < 4.78 is 0. The molecule has 24 heavy (non-hydrogen) atoms. The lowest BCUT2D eigenvalue weighted by molar-refractivity contribution is 0.0691. The summed E-state index contributed by atoms with van der Waals surface area (Å²) in [6, 6.07) is 8.32. The zero-order valence-electron chi connectivity index (χ0n) is 14.3. The normalized spacial score (nSPS) is 15.3. The molecule has 1 fully saturated rings. The van der Waals surface area contributed by atoms with E-state index in [-0.39, 0.29) is 5.91 Å². The van der Waals surface area contributed by atoms with Crippen LogP contribution in [-0.2, 0) is 6.54 Å². The molecule has 0 atom stereocenters. The molecule has 0 saturated carbocycles. The van der Waals surface area contributed by atoms with Gasteiger partial charge < -0.3 is 10.2 Å². The van der Waals surface area contributed by atoms with Crippen molar-refractivity contribution >= 4 is 11.7 Å². The molecule has 2 aromatic rings. The van der Waals surface area contributed by atoms with Gasteiger partial charge in [0.05, 0.1) is 12.4 Å². The number of anilines is 1. The second-order valence-corrected chi connectivity index (χ2v) is 6.60. The van der Waals surface area contributed by atoms with Gasteiger partial charge in [0.1, 0.15) is 11.5 Å². The fraction of sp³-hybridized carbons (Fsp3) is 0.421. The highest BCUT2D eigenvalue weighted by Gasteiger charge is 2.22. The minimum Gasteiger partial charge on any atom is -0.365 e. The van der Waals surface area contributed by atoms with E-state index in [1.807, 2.05) is 11.0 Å². The minimum absolute atomic E-state index is 0.0142. The highest BCUT2D eigenvalue weighted by Crippen LogP contribution is 2.17. The zero-order chi connectivity index (χ0) is 16.9. The highest BCUT2D eigenvalue weighted by atomic mass is 16.2. The van der Waals surface area contributed by atoms with Gasteiger partial charge in [-0.1, -0.05) is 36.8 Å². The standard InChI is InChI=1S/C19H24N4O/c1-14-6-8-23(9-7-14)19(24)17-12-22-18(13-20-17)21-11-16-5-3-4-15(2)10-16/h3-5,10,12-14H,6-9,11H2,1-2H3,(H,21,22). The molecule has 1 aromatic heterocycles. The van der Waals surface area contributed by atoms with E-state index in [0.717, 1.165) is 25.9 Å². The van der Waals surface area contributed by atoms with Gasteiger partial charge in [0.15, 0.2) is 0 Å². The number of amides is 1. The Hall–Kier alpha value is -2.43. The van der Waals surface area contributed by atoms with Crippen LogP contribution in [0.15, 0.2) is 36.7 Å². The summed E-state index contributed by atoms with van der Waals surface area (Å²) in [6.07, 6.45) is 5.33. The fourth-order valence-corrected chi connectivity index (χ4v) is 2.92. The van der Waals surface area contributed by atoms with Crippen LogP contribution in [0, 0.1) is 12.8 Å². The SMILES string of the molecule is Cc1cccc(CNc2cnc(C(=O)N3CCC(C)CC3)cn2)c1. The summed E-state index contributed by atoms with van der Waals surface area (Å²) in [5.41, 5.74) is 2.85. The lowest BCUT2D eigenvalue weighted by Gasteiger charge is -2.29. The number of piperidine rings is 1. The first kappa shape index (κ1) is 16.4. The van der Waals surface area contributed by atoms with Gasteiger partial charge in [0, 0.05) is 19.6 Å². The van der Waals surface area contributed by atoms with Gasteiger partial charge in [-0.05, 0) is 31.2 Å². The number of nitrogens with one attached hydrogen (secondary N) is 1. The summed E-state index contributed by atoms with van der Waals surface area (Å²) >= 11 is 0. The highest BCUT2D eigenvalue weighted by molar-refractivity contribution is 5.92. The van der Waals surface area contributed by atoms with Crippen molar-refractivity contribution in [1.82, 2.24) is 14.9 Å². The third kappa shape index (κ3) is 4.10. The number of carbonyl (C=O) groups is 1. The first-order valence-corrected chi connectivity index (χ1v) is 8.52. The minimum atomic E-state index is -0.0142. The molecular weight excluding hydrogens is 300 g/mol. The fourth-order valence-electron chi connectivity index (χ4n) is 2.92. The maximum atomic E-state index is 12.4. The molecule has 0 aliphatic carbocycles. The van der Waals surface area contributed by atoms with Crippen molar-refractivity contribution in [1.29, 1.82) is 0 Å². The molecule has 0 spiro atoms. The molecule has 1 N–H and O–H groups in total. The Kier molecular flexibility index (Phi) is 5.08. The van der Waals surface area contributed by atoms with Crippen LogP contribution >= 0.6 is 0 Å². The van der Waals surface area contributed by atoms with Crippen LogP contribution in [0.5, 0.6) is 0 Å². The first-order valence-electron chi connectivity index (χ1n) is 8.52. The number of nitrogens with zero attached hydrogens (tertiary/aromatic N) is 3. The van der Waals surface area contributed by atoms with E-state index in [1.165, 1.54) is 11.1 Å². The maximum Gasteiger partial charge on any atom is 0.274 e. The van der Waals surface area contributed by atoms with Gasteiger partial charge in [0.25, 0.3) is 5.91 Å². The summed E-state index contributed by atoms with van der Waals surface area (Å²) in [7, 11) is 0. The van der Waals surface area contributed by atoms with Crippen LogP contribution in [0.4, 0.5) is 5.82 Å². The lowest BCUT2D eigenvalue weighted by atomic mass is 9.99. The van der Waals surface area contributed by atoms with Crippen molar-refractivity contribution in [2.45, 2.75) is 33.2 Å². The number of aromatic nitrogens is 2. The Balaban J connectivity index is 1.58. The quantitative estimate of drug-likeness (QED) is 0.938. The van der Waals surface area contributed by atoms with Crippen molar-refractivity contribution in [3.63, 3.8) is 0 Å². The van der Waals surface area contributed by atoms with E-state index >= 15 is 0 Å². The molecule has 126 valence electrons. The molecule has 5 nitrogen and oxygen atoms in total. The Morgan fingerprint density at radius 3 is 2.71 bits per heavy atom. The van der Waals surface area contributed by atoms with E-state index in [4.69, 9.17) is 0 Å². The van der Waals surface area contributed by atoms with E-state index in [9.17, 15) is 4.79 Å². The number of aryl methyl sites for hydroxylation is 1. The Bertz CT molecular complexity index is 691. The molecule has 1 amide bonds. The van der Waals surface area contributed by atoms with Gasteiger partial charge in [-0.3, -0.25) is 4.79 Å². The number of carbonyl (C=O) groups excluding carboxylic acids is 1. The number of benzene rings is 1. The third-order valence-electron chi connectivity index (χ3n) is 4.50. The molecule has 1 saturated heterocycles. The topological polar surface area (TPSA) is 58.1 Å². The monoisotopic (exact) mass is 324 g/mol. The van der Waals surface area contributed by atoms with Crippen LogP contribution < -0.4 is 5.32 Å². The van der Waals surface area contributed by atoms with Gasteiger partial charge in [-0.15, -0.1) is 0 Å². The molecule has 1 aliphatic heterocycles. The number of rotatable bonds is 4. The van der Waals surface area contributed by atoms with Crippen LogP contribution in [0.3, 0.4) is 0 Å². The Labute approximate surface area is 143 Å². The predicted octanol–water partition coefficient (Wildman–Crippen LogP) is 3.27. The smallest absolute Gasteiger partial charge is 0.274 e. The molecular formula is C19H24N4O. The molecule has 0 bridgehead atoms. The van der Waals surface area contributed by atoms with Crippen LogP contribution in [0.25, 0.3) is 0 Å².